The Morgan fingerprint density at radius 2 is 1.68 bits per heavy atom. The predicted molar refractivity (Wildman–Crippen MR) is 121 cm³/mol. The fourth-order valence-electron chi connectivity index (χ4n) is 4.26. The van der Waals surface area contributed by atoms with Gasteiger partial charge in [0, 0.05) is 30.7 Å². The Morgan fingerprint density at radius 3 is 2.29 bits per heavy atom. The summed E-state index contributed by atoms with van der Waals surface area (Å²) in [5, 5.41) is 6.47. The van der Waals surface area contributed by atoms with E-state index in [1.165, 1.54) is 18.4 Å². The number of hydrogen-bond donors (Lipinski definition) is 2. The molecule has 0 aromatic heterocycles. The third-order valence-corrected chi connectivity index (χ3v) is 6.30. The monoisotopic (exact) mass is 421 g/mol. The number of rotatable bonds is 8. The van der Waals surface area contributed by atoms with Crippen molar-refractivity contribution in [2.24, 2.45) is 11.8 Å². The molecule has 1 saturated carbocycles. The van der Waals surface area contributed by atoms with E-state index in [0.717, 1.165) is 11.4 Å². The fraction of sp³-hybridized carbons (Fsp3) is 0.440. The highest BCUT2D eigenvalue weighted by molar-refractivity contribution is 5.92. The minimum Gasteiger partial charge on any atom is -0.497 e. The van der Waals surface area contributed by atoms with Crippen LogP contribution in [0.2, 0.25) is 0 Å². The van der Waals surface area contributed by atoms with Crippen LogP contribution in [0.25, 0.3) is 0 Å². The van der Waals surface area contributed by atoms with Crippen molar-refractivity contribution in [2.45, 2.75) is 31.7 Å². The maximum absolute atomic E-state index is 12.8. The molecule has 0 radical (unpaired) electrons. The summed E-state index contributed by atoms with van der Waals surface area (Å²) in [5.41, 5.74) is 2.02. The molecule has 6 nitrogen and oxygen atoms in total. The first kappa shape index (κ1) is 21.4. The van der Waals surface area contributed by atoms with Crippen molar-refractivity contribution in [3.05, 3.63) is 60.2 Å². The van der Waals surface area contributed by atoms with Gasteiger partial charge in [0.1, 0.15) is 5.75 Å². The molecule has 6 heteroatoms. The van der Waals surface area contributed by atoms with Crippen LogP contribution in [0, 0.1) is 11.8 Å². The van der Waals surface area contributed by atoms with Gasteiger partial charge in [-0.1, -0.05) is 30.3 Å². The average Bonchev–Trinajstić information content (AvgIpc) is 3.65. The van der Waals surface area contributed by atoms with Crippen molar-refractivity contribution >= 4 is 17.5 Å². The molecule has 2 aromatic carbocycles. The zero-order chi connectivity index (χ0) is 21.6. The molecule has 2 aliphatic rings. The molecule has 2 N–H and O–H groups in total. The predicted octanol–water partition coefficient (Wildman–Crippen LogP) is 3.61. The first-order valence-electron chi connectivity index (χ1n) is 11.1. The first-order chi connectivity index (χ1) is 15.1. The van der Waals surface area contributed by atoms with Gasteiger partial charge >= 0.3 is 0 Å². The number of methoxy groups -OCH3 is 1. The number of ether oxygens (including phenoxy) is 1. The second kappa shape index (κ2) is 9.96. The maximum Gasteiger partial charge on any atom is 0.236 e. The van der Waals surface area contributed by atoms with E-state index in [1.54, 1.807) is 7.11 Å². The van der Waals surface area contributed by atoms with E-state index < -0.39 is 0 Å². The molecule has 0 spiro atoms. The summed E-state index contributed by atoms with van der Waals surface area (Å²) in [6.07, 6.45) is 3.80. The van der Waals surface area contributed by atoms with E-state index >= 15 is 0 Å². The molecule has 31 heavy (non-hydrogen) atoms. The van der Waals surface area contributed by atoms with Gasteiger partial charge in [0.05, 0.1) is 13.7 Å². The van der Waals surface area contributed by atoms with Crippen LogP contribution in [0.1, 0.15) is 37.3 Å². The highest BCUT2D eigenvalue weighted by Gasteiger charge is 2.33. The van der Waals surface area contributed by atoms with Crippen molar-refractivity contribution < 1.29 is 14.3 Å². The number of carbonyl (C=O) groups excluding carboxylic acids is 2. The van der Waals surface area contributed by atoms with Gasteiger partial charge in [0.15, 0.2) is 0 Å². The summed E-state index contributed by atoms with van der Waals surface area (Å²) in [6, 6.07) is 17.8. The number of amides is 2. The van der Waals surface area contributed by atoms with Crippen LogP contribution in [0.4, 0.5) is 5.69 Å². The highest BCUT2D eigenvalue weighted by Crippen LogP contribution is 2.41. The van der Waals surface area contributed by atoms with Gasteiger partial charge in [0.25, 0.3) is 0 Å². The number of benzene rings is 2. The van der Waals surface area contributed by atoms with E-state index in [4.69, 9.17) is 4.74 Å². The van der Waals surface area contributed by atoms with Gasteiger partial charge < -0.3 is 20.3 Å². The second-order valence-electron chi connectivity index (χ2n) is 8.48. The SMILES string of the molecule is COc1ccc(C(NCC(=O)N2CCC(C(=O)Nc3ccccc3)CC2)C2CC2)cc1. The van der Waals surface area contributed by atoms with E-state index in [0.29, 0.717) is 38.4 Å². The summed E-state index contributed by atoms with van der Waals surface area (Å²) in [7, 11) is 1.67. The molecule has 1 unspecified atom stereocenters. The molecule has 164 valence electrons. The molecule has 1 aliphatic carbocycles. The van der Waals surface area contributed by atoms with Crippen LogP contribution in [-0.4, -0.2) is 43.5 Å². The van der Waals surface area contributed by atoms with Crippen molar-refractivity contribution in [3.63, 3.8) is 0 Å². The van der Waals surface area contributed by atoms with Crippen LogP contribution in [0.3, 0.4) is 0 Å². The minimum atomic E-state index is -0.0456. The van der Waals surface area contributed by atoms with Gasteiger partial charge in [-0.2, -0.15) is 0 Å². The Balaban J connectivity index is 1.25. The van der Waals surface area contributed by atoms with Gasteiger partial charge in [-0.15, -0.1) is 0 Å². The van der Waals surface area contributed by atoms with Crippen molar-refractivity contribution in [1.29, 1.82) is 0 Å². The van der Waals surface area contributed by atoms with Gasteiger partial charge in [0.2, 0.25) is 11.8 Å². The lowest BCUT2D eigenvalue weighted by Gasteiger charge is -2.32. The zero-order valence-corrected chi connectivity index (χ0v) is 18.0. The number of nitrogens with one attached hydrogen (secondary N) is 2. The standard InChI is InChI=1S/C25H31N3O3/c1-31-22-11-9-19(10-12-22)24(18-7-8-18)26-17-23(29)28-15-13-20(14-16-28)25(30)27-21-5-3-2-4-6-21/h2-6,9-12,18,20,24,26H,7-8,13-17H2,1H3,(H,27,30). The van der Waals surface area contributed by atoms with Gasteiger partial charge in [-0.3, -0.25) is 9.59 Å². The Hall–Kier alpha value is -2.86. The Morgan fingerprint density at radius 1 is 1.00 bits per heavy atom. The molecule has 2 aromatic rings. The van der Waals surface area contributed by atoms with Crippen LogP contribution in [0.15, 0.2) is 54.6 Å². The van der Waals surface area contributed by atoms with Crippen molar-refractivity contribution in [3.8, 4) is 5.75 Å². The summed E-state index contributed by atoms with van der Waals surface area (Å²) in [4.78, 5) is 27.2. The van der Waals surface area contributed by atoms with Crippen LogP contribution in [-0.2, 0) is 9.59 Å². The van der Waals surface area contributed by atoms with Crippen LogP contribution >= 0.6 is 0 Å². The number of nitrogens with zero attached hydrogens (tertiary/aromatic N) is 1. The molecule has 4 rings (SSSR count). The molecule has 2 amide bonds. The minimum absolute atomic E-state index is 0.0456. The number of anilines is 1. The number of para-hydroxylation sites is 1. The van der Waals surface area contributed by atoms with Crippen LogP contribution < -0.4 is 15.4 Å². The zero-order valence-electron chi connectivity index (χ0n) is 18.0. The van der Waals surface area contributed by atoms with Crippen LogP contribution in [0.5, 0.6) is 5.75 Å². The van der Waals surface area contributed by atoms with Crippen molar-refractivity contribution in [1.82, 2.24) is 10.2 Å². The topological polar surface area (TPSA) is 70.7 Å². The number of likely N-dealkylation sites (tertiary alicyclic amines) is 1. The summed E-state index contributed by atoms with van der Waals surface area (Å²) >= 11 is 0. The number of hydrogen-bond acceptors (Lipinski definition) is 4. The number of piperidine rings is 1. The molecule has 1 heterocycles. The first-order valence-corrected chi connectivity index (χ1v) is 11.1. The molecule has 0 bridgehead atoms. The summed E-state index contributed by atoms with van der Waals surface area (Å²) in [6.45, 7) is 1.59. The molecule has 1 aliphatic heterocycles. The lowest BCUT2D eigenvalue weighted by Crippen LogP contribution is -2.45. The fourth-order valence-corrected chi connectivity index (χ4v) is 4.26. The third kappa shape index (κ3) is 5.64. The van der Waals surface area contributed by atoms with E-state index in [9.17, 15) is 9.59 Å². The Bertz CT molecular complexity index is 873. The van der Waals surface area contributed by atoms with E-state index in [-0.39, 0.29) is 23.8 Å². The van der Waals surface area contributed by atoms with E-state index in [1.807, 2.05) is 47.4 Å². The second-order valence-corrected chi connectivity index (χ2v) is 8.48. The number of carbonyl (C=O) groups is 2. The smallest absolute Gasteiger partial charge is 0.236 e. The lowest BCUT2D eigenvalue weighted by molar-refractivity contribution is -0.133. The Labute approximate surface area is 184 Å². The average molecular weight is 422 g/mol. The van der Waals surface area contributed by atoms with E-state index in [2.05, 4.69) is 22.8 Å². The molecule has 1 atom stereocenters. The molecule has 2 fully saturated rings. The Kier molecular flexibility index (Phi) is 6.87. The largest absolute Gasteiger partial charge is 0.497 e. The summed E-state index contributed by atoms with van der Waals surface area (Å²) in [5.74, 6) is 1.55. The maximum atomic E-state index is 12.8. The molecular weight excluding hydrogens is 390 g/mol. The van der Waals surface area contributed by atoms with Gasteiger partial charge in [-0.05, 0) is 61.4 Å². The lowest BCUT2D eigenvalue weighted by atomic mass is 9.95. The normalized spacial score (nSPS) is 17.8. The molecular formula is C25H31N3O3. The molecule has 1 saturated heterocycles. The van der Waals surface area contributed by atoms with Crippen molar-refractivity contribution in [2.75, 3.05) is 32.1 Å². The summed E-state index contributed by atoms with van der Waals surface area (Å²) < 4.78 is 5.25. The quantitative estimate of drug-likeness (QED) is 0.683. The highest BCUT2D eigenvalue weighted by atomic mass is 16.5. The third-order valence-electron chi connectivity index (χ3n) is 6.30. The van der Waals surface area contributed by atoms with Gasteiger partial charge in [-0.25, -0.2) is 0 Å².